The fourth-order valence-electron chi connectivity index (χ4n) is 1.62. The van der Waals surface area contributed by atoms with Crippen LogP contribution in [0.3, 0.4) is 0 Å². The number of carboxylic acid groups (broad SMARTS) is 1. The van der Waals surface area contributed by atoms with Crippen molar-refractivity contribution in [2.24, 2.45) is 0 Å². The highest BCUT2D eigenvalue weighted by molar-refractivity contribution is 14.1. The number of nitrogens with zero attached hydrogens (tertiary/aromatic N) is 1. The lowest BCUT2D eigenvalue weighted by Gasteiger charge is -2.08. The number of anilines is 1. The molecule has 0 atom stereocenters. The van der Waals surface area contributed by atoms with Crippen molar-refractivity contribution in [2.45, 2.75) is 6.54 Å². The highest BCUT2D eigenvalue weighted by Gasteiger charge is 2.06. The van der Waals surface area contributed by atoms with Gasteiger partial charge in [-0.1, -0.05) is 6.07 Å². The third-order valence-electron chi connectivity index (χ3n) is 2.58. The number of aromatic carboxylic acids is 1. The van der Waals surface area contributed by atoms with E-state index >= 15 is 0 Å². The van der Waals surface area contributed by atoms with Gasteiger partial charge in [0.15, 0.2) is 0 Å². The number of halogens is 1. The lowest BCUT2D eigenvalue weighted by Crippen LogP contribution is -2.28. The van der Waals surface area contributed by atoms with E-state index in [2.05, 4.69) is 38.2 Å². The highest BCUT2D eigenvalue weighted by atomic mass is 127. The number of hydrogen-bond donors (Lipinski definition) is 3. The van der Waals surface area contributed by atoms with Gasteiger partial charge in [0, 0.05) is 15.5 Å². The molecular weight excluding hydrogens is 385 g/mol. The number of carbonyl (C=O) groups excluding carboxylic acids is 1. The molecule has 0 unspecified atom stereocenters. The zero-order valence-corrected chi connectivity index (χ0v) is 13.0. The molecule has 2 amide bonds. The second kappa shape index (κ2) is 7.02. The number of carboxylic acids is 1. The largest absolute Gasteiger partial charge is 0.478 e. The molecule has 0 aliphatic carbocycles. The quantitative estimate of drug-likeness (QED) is 0.692. The maximum Gasteiger partial charge on any atom is 0.335 e. The van der Waals surface area contributed by atoms with Crippen LogP contribution in [0.1, 0.15) is 16.1 Å². The van der Waals surface area contributed by atoms with Crippen LogP contribution >= 0.6 is 22.6 Å². The van der Waals surface area contributed by atoms with Crippen molar-refractivity contribution in [3.63, 3.8) is 0 Å². The van der Waals surface area contributed by atoms with E-state index in [1.807, 2.05) is 18.2 Å². The molecular formula is C14H12IN3O3. The van der Waals surface area contributed by atoms with Crippen LogP contribution in [-0.4, -0.2) is 22.1 Å². The third-order valence-corrected chi connectivity index (χ3v) is 3.25. The minimum atomic E-state index is -1.03. The Morgan fingerprint density at radius 3 is 2.76 bits per heavy atom. The van der Waals surface area contributed by atoms with Crippen LogP contribution in [0, 0.1) is 3.57 Å². The monoisotopic (exact) mass is 397 g/mol. The van der Waals surface area contributed by atoms with Gasteiger partial charge in [0.2, 0.25) is 0 Å². The molecule has 1 aromatic carbocycles. The van der Waals surface area contributed by atoms with Gasteiger partial charge in [-0.2, -0.15) is 0 Å². The Bertz CT molecular complexity index is 676. The van der Waals surface area contributed by atoms with Crippen LogP contribution in [0.25, 0.3) is 0 Å². The molecule has 1 aromatic heterocycles. The van der Waals surface area contributed by atoms with Crippen molar-refractivity contribution >= 4 is 40.3 Å². The number of amides is 2. The fourth-order valence-corrected chi connectivity index (χ4v) is 2.16. The highest BCUT2D eigenvalue weighted by Crippen LogP contribution is 2.12. The van der Waals surface area contributed by atoms with E-state index in [9.17, 15) is 9.59 Å². The molecule has 0 bridgehead atoms. The Kier molecular flexibility index (Phi) is 5.09. The van der Waals surface area contributed by atoms with E-state index in [1.54, 1.807) is 6.07 Å². The summed E-state index contributed by atoms with van der Waals surface area (Å²) in [6, 6.07) is 9.83. The van der Waals surface area contributed by atoms with Crippen molar-refractivity contribution < 1.29 is 14.7 Å². The van der Waals surface area contributed by atoms with E-state index in [-0.39, 0.29) is 18.1 Å². The molecule has 2 rings (SSSR count). The van der Waals surface area contributed by atoms with Crippen LogP contribution in [0.5, 0.6) is 0 Å². The number of pyridine rings is 1. The molecule has 0 saturated heterocycles. The van der Waals surface area contributed by atoms with Crippen LogP contribution in [0.15, 0.2) is 42.6 Å². The molecule has 108 valence electrons. The zero-order chi connectivity index (χ0) is 15.2. The second-order valence-corrected chi connectivity index (χ2v) is 5.40. The van der Waals surface area contributed by atoms with Gasteiger partial charge in [-0.3, -0.25) is 4.98 Å². The number of benzene rings is 1. The lowest BCUT2D eigenvalue weighted by atomic mass is 10.2. The molecule has 6 nitrogen and oxygen atoms in total. The number of nitrogens with one attached hydrogen (secondary N) is 2. The third kappa shape index (κ3) is 4.71. The van der Waals surface area contributed by atoms with Crippen LogP contribution in [0.4, 0.5) is 10.5 Å². The van der Waals surface area contributed by atoms with Gasteiger partial charge in [-0.05, 0) is 52.9 Å². The SMILES string of the molecule is O=C(NCc1cc(C(=O)O)ccn1)Nc1cccc(I)c1. The summed E-state index contributed by atoms with van der Waals surface area (Å²) >= 11 is 2.16. The first-order valence-corrected chi connectivity index (χ1v) is 7.11. The van der Waals surface area contributed by atoms with Gasteiger partial charge in [-0.15, -0.1) is 0 Å². The molecule has 21 heavy (non-hydrogen) atoms. The average molecular weight is 397 g/mol. The molecule has 0 aliphatic rings. The molecule has 0 fully saturated rings. The minimum Gasteiger partial charge on any atom is -0.478 e. The first-order valence-electron chi connectivity index (χ1n) is 6.03. The van der Waals surface area contributed by atoms with Crippen LogP contribution in [-0.2, 0) is 6.54 Å². The van der Waals surface area contributed by atoms with Crippen LogP contribution < -0.4 is 10.6 Å². The van der Waals surface area contributed by atoms with E-state index in [1.165, 1.54) is 18.3 Å². The summed E-state index contributed by atoms with van der Waals surface area (Å²) in [5, 5.41) is 14.2. The van der Waals surface area contributed by atoms with Gasteiger partial charge < -0.3 is 15.7 Å². The Balaban J connectivity index is 1.92. The summed E-state index contributed by atoms with van der Waals surface area (Å²) in [6.45, 7) is 0.150. The van der Waals surface area contributed by atoms with Crippen molar-refractivity contribution in [1.82, 2.24) is 10.3 Å². The average Bonchev–Trinajstić information content (AvgIpc) is 2.45. The normalized spacial score (nSPS) is 9.95. The standard InChI is InChI=1S/C14H12IN3O3/c15-10-2-1-3-11(7-10)18-14(21)17-8-12-6-9(13(19)20)4-5-16-12/h1-7H,8H2,(H,19,20)(H2,17,18,21). The van der Waals surface area contributed by atoms with E-state index in [0.29, 0.717) is 11.4 Å². The minimum absolute atomic E-state index is 0.139. The first-order chi connectivity index (χ1) is 10.0. The van der Waals surface area contributed by atoms with Crippen molar-refractivity contribution in [2.75, 3.05) is 5.32 Å². The lowest BCUT2D eigenvalue weighted by molar-refractivity contribution is 0.0696. The summed E-state index contributed by atoms with van der Waals surface area (Å²) in [6.07, 6.45) is 1.40. The van der Waals surface area contributed by atoms with E-state index < -0.39 is 5.97 Å². The predicted molar refractivity (Wildman–Crippen MR) is 86.2 cm³/mol. The smallest absolute Gasteiger partial charge is 0.335 e. The maximum absolute atomic E-state index is 11.7. The number of rotatable bonds is 4. The summed E-state index contributed by atoms with van der Waals surface area (Å²) in [5.41, 5.74) is 1.30. The Labute approximate surface area is 134 Å². The Hall–Kier alpha value is -2.16. The fraction of sp³-hybridized carbons (Fsp3) is 0.0714. The van der Waals surface area contributed by atoms with Gasteiger partial charge in [0.05, 0.1) is 17.8 Å². The summed E-state index contributed by atoms with van der Waals surface area (Å²) in [4.78, 5) is 26.6. The summed E-state index contributed by atoms with van der Waals surface area (Å²) in [7, 11) is 0. The van der Waals surface area contributed by atoms with Crippen LogP contribution in [0.2, 0.25) is 0 Å². The van der Waals surface area contributed by atoms with Crippen molar-refractivity contribution in [3.8, 4) is 0 Å². The number of aromatic nitrogens is 1. The van der Waals surface area contributed by atoms with E-state index in [4.69, 9.17) is 5.11 Å². The summed E-state index contributed by atoms with van der Waals surface area (Å²) in [5.74, 6) is -1.03. The first kappa shape index (κ1) is 15.2. The molecule has 2 aromatic rings. The van der Waals surface area contributed by atoms with Gasteiger partial charge in [-0.25, -0.2) is 9.59 Å². The Morgan fingerprint density at radius 2 is 2.05 bits per heavy atom. The molecule has 3 N–H and O–H groups in total. The van der Waals surface area contributed by atoms with E-state index in [0.717, 1.165) is 3.57 Å². The van der Waals surface area contributed by atoms with Gasteiger partial charge in [0.1, 0.15) is 0 Å². The second-order valence-electron chi connectivity index (χ2n) is 4.16. The molecule has 1 heterocycles. The molecule has 0 aliphatic heterocycles. The van der Waals surface area contributed by atoms with Gasteiger partial charge in [0.25, 0.3) is 0 Å². The molecule has 7 heteroatoms. The number of hydrogen-bond acceptors (Lipinski definition) is 3. The van der Waals surface area contributed by atoms with Crippen molar-refractivity contribution in [3.05, 3.63) is 57.4 Å². The molecule has 0 saturated carbocycles. The zero-order valence-electron chi connectivity index (χ0n) is 10.8. The molecule has 0 spiro atoms. The topological polar surface area (TPSA) is 91.3 Å². The number of carbonyl (C=O) groups is 2. The van der Waals surface area contributed by atoms with Crippen molar-refractivity contribution in [1.29, 1.82) is 0 Å². The number of urea groups is 1. The summed E-state index contributed by atoms with van der Waals surface area (Å²) < 4.78 is 1.02. The maximum atomic E-state index is 11.7. The Morgan fingerprint density at radius 1 is 1.24 bits per heavy atom. The van der Waals surface area contributed by atoms with Gasteiger partial charge >= 0.3 is 12.0 Å². The molecule has 0 radical (unpaired) electrons. The predicted octanol–water partition coefficient (Wildman–Crippen LogP) is 2.71.